The monoisotopic (exact) mass is 433 g/mol. The Kier molecular flexibility index (Phi) is 6.63. The van der Waals surface area contributed by atoms with Gasteiger partial charge in [-0.15, -0.1) is 0 Å². The van der Waals surface area contributed by atoms with Crippen LogP contribution < -0.4 is 0 Å². The number of rotatable bonds is 4. The Balaban J connectivity index is 1.36. The molecule has 2 unspecified atom stereocenters. The maximum atomic E-state index is 13.4. The predicted octanol–water partition coefficient (Wildman–Crippen LogP) is 2.99. The Bertz CT molecular complexity index is 722. The smallest absolute Gasteiger partial charge is 0.409 e. The summed E-state index contributed by atoms with van der Waals surface area (Å²) in [7, 11) is 0. The predicted molar refractivity (Wildman–Crippen MR) is 118 cm³/mol. The number of ether oxygens (including phenoxy) is 1. The highest BCUT2D eigenvalue weighted by Crippen LogP contribution is 2.49. The Morgan fingerprint density at radius 1 is 1.10 bits per heavy atom. The Hall–Kier alpha value is -1.60. The summed E-state index contributed by atoms with van der Waals surface area (Å²) in [6.45, 7) is 9.89. The van der Waals surface area contributed by atoms with Crippen molar-refractivity contribution in [2.24, 2.45) is 11.3 Å². The fraction of sp³-hybridized carbons (Fsp3) is 0.833. The van der Waals surface area contributed by atoms with Crippen molar-refractivity contribution in [2.45, 2.75) is 77.8 Å². The molecule has 2 saturated heterocycles. The summed E-state index contributed by atoms with van der Waals surface area (Å²) in [6.07, 6.45) is 6.76. The molecule has 7 nitrogen and oxygen atoms in total. The molecule has 0 bridgehead atoms. The molecule has 2 fully saturated rings. The maximum Gasteiger partial charge on any atom is 0.409 e. The number of carbonyl (C=O) groups excluding carboxylic acids is 2. The van der Waals surface area contributed by atoms with E-state index in [1.165, 1.54) is 11.3 Å². The quantitative estimate of drug-likeness (QED) is 0.738. The first-order chi connectivity index (χ1) is 14.9. The first kappa shape index (κ1) is 22.6. The lowest BCUT2D eigenvalue weighted by atomic mass is 9.76. The van der Waals surface area contributed by atoms with E-state index in [9.17, 15) is 14.7 Å². The molecule has 4 aliphatic rings. The van der Waals surface area contributed by atoms with E-state index < -0.39 is 5.41 Å². The molecule has 0 saturated carbocycles. The number of aliphatic hydroxyl groups is 1. The van der Waals surface area contributed by atoms with Crippen molar-refractivity contribution in [3.05, 3.63) is 11.3 Å². The van der Waals surface area contributed by atoms with Gasteiger partial charge in [0.1, 0.15) is 0 Å². The molecule has 1 N–H and O–H groups in total. The molecule has 1 aliphatic carbocycles. The number of hydrogen-bond donors (Lipinski definition) is 1. The maximum absolute atomic E-state index is 13.4. The fourth-order valence-corrected chi connectivity index (χ4v) is 6.13. The molecule has 4 rings (SSSR count). The number of amides is 2. The van der Waals surface area contributed by atoms with Gasteiger partial charge in [0.15, 0.2) is 0 Å². The second-order valence-electron chi connectivity index (χ2n) is 10.1. The van der Waals surface area contributed by atoms with E-state index in [2.05, 4.69) is 16.7 Å². The van der Waals surface area contributed by atoms with Crippen molar-refractivity contribution < 1.29 is 19.4 Å². The average Bonchev–Trinajstić information content (AvgIpc) is 3.01. The normalized spacial score (nSPS) is 31.4. The number of likely N-dealkylation sites (tertiary alicyclic amines) is 2. The number of piperidine rings is 2. The number of nitrogens with zero attached hydrogens (tertiary/aromatic N) is 3. The summed E-state index contributed by atoms with van der Waals surface area (Å²) in [5.41, 5.74) is 1.71. The zero-order valence-electron chi connectivity index (χ0n) is 19.4. The summed E-state index contributed by atoms with van der Waals surface area (Å²) < 4.78 is 5.13. The molecular formula is C24H39N3O4. The van der Waals surface area contributed by atoms with E-state index in [1.54, 1.807) is 0 Å². The third-order valence-electron chi connectivity index (χ3n) is 8.11. The van der Waals surface area contributed by atoms with Crippen molar-refractivity contribution in [1.82, 2.24) is 14.7 Å². The van der Waals surface area contributed by atoms with Crippen LogP contribution in [0.3, 0.4) is 0 Å². The zero-order chi connectivity index (χ0) is 22.2. The molecule has 0 aromatic rings. The molecule has 2 atom stereocenters. The minimum absolute atomic E-state index is 0.0898. The van der Waals surface area contributed by atoms with Gasteiger partial charge in [-0.05, 0) is 70.3 Å². The molecule has 0 aromatic carbocycles. The number of carbonyl (C=O) groups is 2. The van der Waals surface area contributed by atoms with Crippen LogP contribution in [0.15, 0.2) is 11.3 Å². The van der Waals surface area contributed by atoms with Crippen molar-refractivity contribution in [1.29, 1.82) is 0 Å². The van der Waals surface area contributed by atoms with Gasteiger partial charge in [0.25, 0.3) is 0 Å². The van der Waals surface area contributed by atoms with Crippen LogP contribution in [-0.4, -0.2) is 83.3 Å². The molecule has 3 aliphatic heterocycles. The molecule has 0 aromatic heterocycles. The van der Waals surface area contributed by atoms with Crippen molar-refractivity contribution in [2.75, 3.05) is 39.4 Å². The number of allylic oxidation sites excluding steroid dienone is 1. The first-order valence-corrected chi connectivity index (χ1v) is 12.2. The van der Waals surface area contributed by atoms with E-state index in [0.29, 0.717) is 18.6 Å². The van der Waals surface area contributed by atoms with Gasteiger partial charge in [0.05, 0.1) is 18.6 Å². The molecule has 7 heteroatoms. The highest BCUT2D eigenvalue weighted by molar-refractivity contribution is 5.91. The van der Waals surface area contributed by atoms with Crippen molar-refractivity contribution in [3.8, 4) is 0 Å². The summed E-state index contributed by atoms with van der Waals surface area (Å²) in [4.78, 5) is 31.9. The molecule has 0 radical (unpaired) electrons. The zero-order valence-corrected chi connectivity index (χ0v) is 19.4. The van der Waals surface area contributed by atoms with Crippen molar-refractivity contribution in [3.63, 3.8) is 0 Å². The molecule has 174 valence electrons. The lowest BCUT2D eigenvalue weighted by Gasteiger charge is -2.44. The lowest BCUT2D eigenvalue weighted by Crippen LogP contribution is -2.52. The minimum Gasteiger partial charge on any atom is -0.450 e. The van der Waals surface area contributed by atoms with E-state index in [-0.39, 0.29) is 24.6 Å². The van der Waals surface area contributed by atoms with E-state index >= 15 is 0 Å². The van der Waals surface area contributed by atoms with Crippen LogP contribution >= 0.6 is 0 Å². The topological polar surface area (TPSA) is 73.3 Å². The highest BCUT2D eigenvalue weighted by Gasteiger charge is 2.52. The standard InChI is InChI=1S/C24H39N3O4/c1-4-31-23(30)26-13-7-18(8-14-26)25-11-9-19(10-12-25)27-21-15-17(2)5-6-20(21)24(3,16-28)22(27)29/h17-19,28H,4-16H2,1-3H3. The summed E-state index contributed by atoms with van der Waals surface area (Å²) >= 11 is 0. The fourth-order valence-electron chi connectivity index (χ4n) is 6.13. The van der Waals surface area contributed by atoms with Crippen LogP contribution in [0.1, 0.15) is 65.7 Å². The second kappa shape index (κ2) is 9.10. The number of aliphatic hydroxyl groups excluding tert-OH is 1. The Labute approximate surface area is 186 Å². The molecule has 0 spiro atoms. The third-order valence-corrected chi connectivity index (χ3v) is 8.11. The first-order valence-electron chi connectivity index (χ1n) is 12.2. The molecular weight excluding hydrogens is 394 g/mol. The average molecular weight is 434 g/mol. The SMILES string of the molecule is CCOC(=O)N1CCC(N2CCC(N3C(=O)C(C)(CO)C4=C3CC(C)CC4)CC2)CC1. The van der Waals surface area contributed by atoms with Gasteiger partial charge in [-0.3, -0.25) is 4.79 Å². The van der Waals surface area contributed by atoms with Crippen LogP contribution in [-0.2, 0) is 9.53 Å². The van der Waals surface area contributed by atoms with Crippen LogP contribution in [0.5, 0.6) is 0 Å². The van der Waals surface area contributed by atoms with Gasteiger partial charge in [-0.25, -0.2) is 4.79 Å². The molecule has 3 heterocycles. The summed E-state index contributed by atoms with van der Waals surface area (Å²) in [5, 5.41) is 10.1. The highest BCUT2D eigenvalue weighted by atomic mass is 16.6. The van der Waals surface area contributed by atoms with Crippen LogP contribution in [0.25, 0.3) is 0 Å². The van der Waals surface area contributed by atoms with Crippen molar-refractivity contribution >= 4 is 12.0 Å². The Morgan fingerprint density at radius 2 is 1.74 bits per heavy atom. The minimum atomic E-state index is -0.716. The van der Waals surface area contributed by atoms with Gasteiger partial charge in [-0.2, -0.15) is 0 Å². The lowest BCUT2D eigenvalue weighted by molar-refractivity contribution is -0.139. The summed E-state index contributed by atoms with van der Waals surface area (Å²) in [6, 6.07) is 0.750. The summed E-state index contributed by atoms with van der Waals surface area (Å²) in [5.74, 6) is 0.718. The van der Waals surface area contributed by atoms with Crippen LogP contribution in [0, 0.1) is 11.3 Å². The van der Waals surface area contributed by atoms with Crippen LogP contribution in [0.2, 0.25) is 0 Å². The third kappa shape index (κ3) is 4.11. The van der Waals surface area contributed by atoms with Gasteiger partial charge in [0.2, 0.25) is 5.91 Å². The van der Waals surface area contributed by atoms with E-state index in [0.717, 1.165) is 71.1 Å². The number of hydrogen-bond acceptors (Lipinski definition) is 5. The molecule has 31 heavy (non-hydrogen) atoms. The molecule has 2 amide bonds. The largest absolute Gasteiger partial charge is 0.450 e. The van der Waals surface area contributed by atoms with Gasteiger partial charge >= 0.3 is 6.09 Å². The Morgan fingerprint density at radius 3 is 2.35 bits per heavy atom. The van der Waals surface area contributed by atoms with Gasteiger partial charge in [0, 0.05) is 44.0 Å². The van der Waals surface area contributed by atoms with Gasteiger partial charge in [-0.1, -0.05) is 6.92 Å². The van der Waals surface area contributed by atoms with Crippen LogP contribution in [0.4, 0.5) is 4.79 Å². The second-order valence-corrected chi connectivity index (χ2v) is 10.1. The van der Waals surface area contributed by atoms with E-state index in [1.807, 2.05) is 18.7 Å². The van der Waals surface area contributed by atoms with Gasteiger partial charge < -0.3 is 24.5 Å². The van der Waals surface area contributed by atoms with E-state index in [4.69, 9.17) is 4.74 Å².